The zero-order chi connectivity index (χ0) is 26.4. The average molecular weight is 502 g/mol. The van der Waals surface area contributed by atoms with Crippen molar-refractivity contribution in [1.82, 2.24) is 5.32 Å². The molecule has 1 aliphatic rings. The predicted molar refractivity (Wildman–Crippen MR) is 143 cm³/mol. The molecule has 1 amide bonds. The van der Waals surface area contributed by atoms with Crippen LogP contribution in [-0.4, -0.2) is 40.8 Å². The second-order valence-electron chi connectivity index (χ2n) is 10.3. The highest BCUT2D eigenvalue weighted by Gasteiger charge is 2.50. The Kier molecular flexibility index (Phi) is 8.72. The molecule has 0 saturated carbocycles. The predicted octanol–water partition coefficient (Wildman–Crippen LogP) is 4.94. The number of benzene rings is 3. The van der Waals surface area contributed by atoms with Crippen molar-refractivity contribution in [3.63, 3.8) is 0 Å². The molecule has 3 aromatic carbocycles. The highest BCUT2D eigenvalue weighted by molar-refractivity contribution is 5.98. The quantitative estimate of drug-likeness (QED) is 0.324. The van der Waals surface area contributed by atoms with Crippen LogP contribution in [0.15, 0.2) is 66.7 Å². The van der Waals surface area contributed by atoms with E-state index >= 15 is 0 Å². The average Bonchev–Trinajstić information content (AvgIpc) is 3.69. The van der Waals surface area contributed by atoms with Crippen LogP contribution in [0.1, 0.15) is 50.7 Å². The standard InChI is InChI=1S/C31H35NO5/c1-20(2)19-26(27(34)18-15-23-10-6-9-22-8-3-4-11-25(22)23)32-31(36)30-29(37-30)28(35)12-5-7-21-13-16-24(33)17-14-21/h3-4,6,8-11,13-14,16-17,20,26,29-30,33H,5,7,12,15,18-19H2,1-2H3,(H,32,36)/t26-,29+,30-/m0/s1. The van der Waals surface area contributed by atoms with E-state index in [1.54, 1.807) is 12.1 Å². The molecule has 0 bridgehead atoms. The monoisotopic (exact) mass is 501 g/mol. The normalized spacial score (nSPS) is 17.5. The third-order valence-corrected chi connectivity index (χ3v) is 6.83. The summed E-state index contributed by atoms with van der Waals surface area (Å²) in [4.78, 5) is 38.5. The number of hydrogen-bond acceptors (Lipinski definition) is 5. The molecule has 1 fully saturated rings. The topological polar surface area (TPSA) is 96.0 Å². The number of carbonyl (C=O) groups excluding carboxylic acids is 3. The van der Waals surface area contributed by atoms with Gasteiger partial charge in [-0.05, 0) is 65.6 Å². The van der Waals surface area contributed by atoms with Crippen molar-refractivity contribution in [1.29, 1.82) is 0 Å². The van der Waals surface area contributed by atoms with Gasteiger partial charge in [-0.1, -0.05) is 68.4 Å². The van der Waals surface area contributed by atoms with Gasteiger partial charge >= 0.3 is 0 Å². The highest BCUT2D eigenvalue weighted by Crippen LogP contribution is 2.26. The zero-order valence-corrected chi connectivity index (χ0v) is 21.5. The van der Waals surface area contributed by atoms with Gasteiger partial charge in [-0.3, -0.25) is 14.4 Å². The SMILES string of the molecule is CC(C)C[C@H](NC(=O)[C@H]1O[C@@H]1C(=O)CCCc1ccc(O)cc1)C(=O)CCc1cccc2ccccc12. The molecule has 0 aliphatic carbocycles. The van der Waals surface area contributed by atoms with Gasteiger partial charge in [0, 0.05) is 12.8 Å². The summed E-state index contributed by atoms with van der Waals surface area (Å²) in [6.07, 6.45) is 1.58. The van der Waals surface area contributed by atoms with E-state index in [1.165, 1.54) is 0 Å². The van der Waals surface area contributed by atoms with Gasteiger partial charge in [0.15, 0.2) is 23.8 Å². The Balaban J connectivity index is 1.27. The number of ether oxygens (including phenoxy) is 1. The Labute approximate surface area is 218 Å². The number of Topliss-reactive ketones (excluding diaryl/α,β-unsaturated/α-hetero) is 2. The number of epoxide rings is 1. The van der Waals surface area contributed by atoms with E-state index in [0.717, 1.165) is 21.9 Å². The fourth-order valence-electron chi connectivity index (χ4n) is 4.77. The van der Waals surface area contributed by atoms with Crippen molar-refractivity contribution >= 4 is 28.2 Å². The first-order valence-electron chi connectivity index (χ1n) is 13.1. The van der Waals surface area contributed by atoms with Crippen LogP contribution in [0, 0.1) is 5.92 Å². The molecule has 2 N–H and O–H groups in total. The molecule has 1 heterocycles. The van der Waals surface area contributed by atoms with Gasteiger partial charge in [0.05, 0.1) is 6.04 Å². The van der Waals surface area contributed by atoms with Crippen molar-refractivity contribution in [2.45, 2.75) is 70.6 Å². The summed E-state index contributed by atoms with van der Waals surface area (Å²) in [7, 11) is 0. The fourth-order valence-corrected chi connectivity index (χ4v) is 4.77. The van der Waals surface area contributed by atoms with Crippen molar-refractivity contribution in [2.75, 3.05) is 0 Å². The summed E-state index contributed by atoms with van der Waals surface area (Å²) in [5.74, 6) is -0.0535. The second kappa shape index (κ2) is 12.2. The Morgan fingerprint density at radius 3 is 2.38 bits per heavy atom. The van der Waals surface area contributed by atoms with Crippen LogP contribution in [0.5, 0.6) is 5.75 Å². The minimum atomic E-state index is -0.818. The van der Waals surface area contributed by atoms with Crippen LogP contribution in [0.4, 0.5) is 0 Å². The molecule has 4 rings (SSSR count). The smallest absolute Gasteiger partial charge is 0.252 e. The van der Waals surface area contributed by atoms with Gasteiger partial charge in [0.25, 0.3) is 5.91 Å². The molecule has 6 nitrogen and oxygen atoms in total. The lowest BCUT2D eigenvalue weighted by Crippen LogP contribution is -2.44. The van der Waals surface area contributed by atoms with Gasteiger partial charge in [-0.2, -0.15) is 0 Å². The Morgan fingerprint density at radius 2 is 1.62 bits per heavy atom. The van der Waals surface area contributed by atoms with Gasteiger partial charge in [-0.15, -0.1) is 0 Å². The van der Waals surface area contributed by atoms with Crippen molar-refractivity contribution in [3.8, 4) is 5.75 Å². The van der Waals surface area contributed by atoms with E-state index in [4.69, 9.17) is 4.74 Å². The number of rotatable bonds is 13. The maximum Gasteiger partial charge on any atom is 0.252 e. The summed E-state index contributed by atoms with van der Waals surface area (Å²) in [5.41, 5.74) is 2.15. The molecule has 0 unspecified atom stereocenters. The number of amides is 1. The van der Waals surface area contributed by atoms with Crippen LogP contribution in [0.25, 0.3) is 10.8 Å². The van der Waals surface area contributed by atoms with E-state index in [2.05, 4.69) is 23.5 Å². The van der Waals surface area contributed by atoms with Crippen LogP contribution >= 0.6 is 0 Å². The molecule has 37 heavy (non-hydrogen) atoms. The minimum Gasteiger partial charge on any atom is -0.508 e. The van der Waals surface area contributed by atoms with Crippen LogP contribution < -0.4 is 5.32 Å². The Bertz CT molecular complexity index is 1240. The van der Waals surface area contributed by atoms with Crippen LogP contribution in [-0.2, 0) is 32.0 Å². The van der Waals surface area contributed by atoms with Gasteiger partial charge < -0.3 is 15.2 Å². The van der Waals surface area contributed by atoms with Crippen LogP contribution in [0.3, 0.4) is 0 Å². The summed E-state index contributed by atoms with van der Waals surface area (Å²) >= 11 is 0. The fraction of sp³-hybridized carbons (Fsp3) is 0.387. The third-order valence-electron chi connectivity index (χ3n) is 6.83. The number of carbonyl (C=O) groups is 3. The lowest BCUT2D eigenvalue weighted by molar-refractivity contribution is -0.129. The number of fused-ring (bicyclic) bond motifs is 1. The number of phenolic OH excluding ortho intramolecular Hbond substituents is 1. The number of aryl methyl sites for hydroxylation is 2. The maximum absolute atomic E-state index is 13.1. The number of nitrogens with one attached hydrogen (secondary N) is 1. The first-order valence-corrected chi connectivity index (χ1v) is 13.1. The molecule has 1 saturated heterocycles. The van der Waals surface area contributed by atoms with E-state index in [0.29, 0.717) is 38.5 Å². The Hall–Kier alpha value is -3.51. The minimum absolute atomic E-state index is 0.00703. The van der Waals surface area contributed by atoms with E-state index in [1.807, 2.05) is 50.2 Å². The lowest BCUT2D eigenvalue weighted by Gasteiger charge is -2.19. The third kappa shape index (κ3) is 7.26. The summed E-state index contributed by atoms with van der Waals surface area (Å²) in [6.45, 7) is 4.04. The molecule has 0 spiro atoms. The first kappa shape index (κ1) is 26.6. The second-order valence-corrected chi connectivity index (χ2v) is 10.3. The highest BCUT2D eigenvalue weighted by atomic mass is 16.6. The van der Waals surface area contributed by atoms with Gasteiger partial charge in [0.1, 0.15) is 5.75 Å². The largest absolute Gasteiger partial charge is 0.508 e. The molecule has 0 radical (unpaired) electrons. The zero-order valence-electron chi connectivity index (χ0n) is 21.5. The summed E-state index contributed by atoms with van der Waals surface area (Å²) in [5, 5.41) is 14.5. The molecular weight excluding hydrogens is 466 g/mol. The molecule has 3 aromatic rings. The molecule has 0 aromatic heterocycles. The molecule has 6 heteroatoms. The van der Waals surface area contributed by atoms with E-state index in [9.17, 15) is 19.5 Å². The number of ketones is 2. The van der Waals surface area contributed by atoms with Crippen molar-refractivity contribution in [3.05, 3.63) is 77.9 Å². The van der Waals surface area contributed by atoms with E-state index in [-0.39, 0.29) is 29.1 Å². The van der Waals surface area contributed by atoms with E-state index < -0.39 is 18.2 Å². The molecule has 1 aliphatic heterocycles. The van der Waals surface area contributed by atoms with Crippen molar-refractivity contribution < 1.29 is 24.2 Å². The molecule has 3 atom stereocenters. The molecular formula is C31H35NO5. The number of hydrogen-bond donors (Lipinski definition) is 2. The summed E-state index contributed by atoms with van der Waals surface area (Å²) in [6, 6.07) is 20.5. The first-order chi connectivity index (χ1) is 17.8. The number of aromatic hydroxyl groups is 1. The van der Waals surface area contributed by atoms with Gasteiger partial charge in [-0.25, -0.2) is 0 Å². The van der Waals surface area contributed by atoms with Crippen LogP contribution in [0.2, 0.25) is 0 Å². The maximum atomic E-state index is 13.1. The lowest BCUT2D eigenvalue weighted by atomic mass is 9.94. The van der Waals surface area contributed by atoms with Gasteiger partial charge in [0.2, 0.25) is 0 Å². The Morgan fingerprint density at radius 1 is 0.892 bits per heavy atom. The number of phenols is 1. The molecule has 194 valence electrons. The summed E-state index contributed by atoms with van der Waals surface area (Å²) < 4.78 is 5.42. The van der Waals surface area contributed by atoms with Crippen molar-refractivity contribution in [2.24, 2.45) is 5.92 Å².